The molecule has 0 spiro atoms. The van der Waals surface area contributed by atoms with E-state index in [0.717, 1.165) is 12.0 Å². The van der Waals surface area contributed by atoms with Gasteiger partial charge in [-0.15, -0.1) is 0 Å². The van der Waals surface area contributed by atoms with Crippen LogP contribution in [0.4, 0.5) is 0 Å². The van der Waals surface area contributed by atoms with Gasteiger partial charge in [0.25, 0.3) is 0 Å². The van der Waals surface area contributed by atoms with Gasteiger partial charge in [-0.2, -0.15) is 0 Å². The molecule has 0 aromatic rings. The lowest BCUT2D eigenvalue weighted by Gasteiger charge is -2.27. The Bertz CT molecular complexity index is 80.6. The molecule has 1 nitrogen and oxygen atoms in total. The van der Waals surface area contributed by atoms with Crippen molar-refractivity contribution in [3.8, 4) is 0 Å². The third kappa shape index (κ3) is 1.68. The minimum atomic E-state index is 0.804. The van der Waals surface area contributed by atoms with Crippen molar-refractivity contribution < 1.29 is 0 Å². The van der Waals surface area contributed by atoms with E-state index in [2.05, 4.69) is 19.3 Å². The predicted molar refractivity (Wildman–Crippen MR) is 40.5 cm³/mol. The fourth-order valence-corrected chi connectivity index (χ4v) is 1.75. The second kappa shape index (κ2) is 3.21. The molecule has 0 aliphatic heterocycles. The fraction of sp³-hybridized carbons (Fsp3) is 1.00. The second-order valence-electron chi connectivity index (χ2n) is 3.16. The summed E-state index contributed by atoms with van der Waals surface area (Å²) in [6.07, 6.45) is 5.68. The van der Waals surface area contributed by atoms with Crippen molar-refractivity contribution in [1.82, 2.24) is 5.32 Å². The zero-order valence-electron chi connectivity index (χ0n) is 6.48. The first-order valence-electron chi connectivity index (χ1n) is 4.02. The fourth-order valence-electron chi connectivity index (χ4n) is 1.75. The lowest BCUT2D eigenvalue weighted by molar-refractivity contribution is 0.294. The third-order valence-electron chi connectivity index (χ3n) is 2.48. The maximum Gasteiger partial charge on any atom is 0.00896 e. The van der Waals surface area contributed by atoms with Crippen LogP contribution in [-0.4, -0.2) is 13.1 Å². The highest BCUT2D eigenvalue weighted by Gasteiger charge is 2.18. The van der Waals surface area contributed by atoms with Gasteiger partial charge in [0.1, 0.15) is 0 Å². The summed E-state index contributed by atoms with van der Waals surface area (Å²) in [4.78, 5) is 0. The summed E-state index contributed by atoms with van der Waals surface area (Å²) in [6.45, 7) is 2.35. The lowest BCUT2D eigenvalue weighted by Crippen LogP contribution is -2.34. The van der Waals surface area contributed by atoms with E-state index in [0.29, 0.717) is 0 Å². The molecular formula is C8H17N. The van der Waals surface area contributed by atoms with Crippen LogP contribution in [0, 0.1) is 5.92 Å². The van der Waals surface area contributed by atoms with Gasteiger partial charge in [0.05, 0.1) is 0 Å². The van der Waals surface area contributed by atoms with Crippen LogP contribution in [0.1, 0.15) is 32.6 Å². The van der Waals surface area contributed by atoms with E-state index in [4.69, 9.17) is 0 Å². The molecule has 0 unspecified atom stereocenters. The number of hydrogen-bond donors (Lipinski definition) is 1. The molecule has 0 amide bonds. The summed E-state index contributed by atoms with van der Waals surface area (Å²) >= 11 is 0. The van der Waals surface area contributed by atoms with E-state index >= 15 is 0 Å². The monoisotopic (exact) mass is 127 g/mol. The Kier molecular flexibility index (Phi) is 2.52. The molecule has 0 heterocycles. The maximum absolute atomic E-state index is 3.35. The average Bonchev–Trinajstić information content (AvgIpc) is 1.89. The van der Waals surface area contributed by atoms with Crippen LogP contribution in [0.25, 0.3) is 0 Å². The summed E-state index contributed by atoms with van der Waals surface area (Å²) < 4.78 is 0. The molecule has 0 aromatic heterocycles. The zero-order valence-corrected chi connectivity index (χ0v) is 6.48. The Morgan fingerprint density at radius 1 is 1.22 bits per heavy atom. The van der Waals surface area contributed by atoms with Gasteiger partial charge < -0.3 is 5.32 Å². The molecule has 1 rings (SSSR count). The minimum absolute atomic E-state index is 0.804. The van der Waals surface area contributed by atoms with E-state index < -0.39 is 0 Å². The lowest BCUT2D eigenvalue weighted by atomic mass is 9.86. The summed E-state index contributed by atoms with van der Waals surface area (Å²) in [5, 5.41) is 3.35. The van der Waals surface area contributed by atoms with E-state index in [1.54, 1.807) is 0 Å². The molecule has 1 aliphatic carbocycles. The first-order chi connectivity index (χ1) is 4.34. The van der Waals surface area contributed by atoms with E-state index in [1.165, 1.54) is 25.7 Å². The largest absolute Gasteiger partial charge is 0.317 e. The number of hydrogen-bond acceptors (Lipinski definition) is 1. The minimum Gasteiger partial charge on any atom is -0.317 e. The molecule has 1 saturated carbocycles. The van der Waals surface area contributed by atoms with Gasteiger partial charge in [-0.1, -0.05) is 19.8 Å². The van der Waals surface area contributed by atoms with Crippen LogP contribution in [0.15, 0.2) is 0 Å². The van der Waals surface area contributed by atoms with Crippen LogP contribution < -0.4 is 5.32 Å². The molecule has 0 radical (unpaired) electrons. The van der Waals surface area contributed by atoms with Crippen LogP contribution in [0.3, 0.4) is 0 Å². The standard InChI is InChI=1S/C8H17N/c1-7-5-3-4-6-8(7)9-2/h7-9H,3-6H2,1-2H3/t7-,8-/m1/s1. The van der Waals surface area contributed by atoms with Gasteiger partial charge in [-0.3, -0.25) is 0 Å². The molecule has 1 heteroatoms. The van der Waals surface area contributed by atoms with Crippen LogP contribution in [-0.2, 0) is 0 Å². The van der Waals surface area contributed by atoms with Gasteiger partial charge in [0, 0.05) is 6.04 Å². The van der Waals surface area contributed by atoms with Crippen molar-refractivity contribution in [2.24, 2.45) is 5.92 Å². The average molecular weight is 127 g/mol. The molecule has 9 heavy (non-hydrogen) atoms. The topological polar surface area (TPSA) is 12.0 Å². The van der Waals surface area contributed by atoms with Gasteiger partial charge >= 0.3 is 0 Å². The Morgan fingerprint density at radius 3 is 2.33 bits per heavy atom. The molecule has 2 atom stereocenters. The van der Waals surface area contributed by atoms with Gasteiger partial charge in [0.15, 0.2) is 0 Å². The highest BCUT2D eigenvalue weighted by Crippen LogP contribution is 2.22. The van der Waals surface area contributed by atoms with E-state index in [9.17, 15) is 0 Å². The Balaban J connectivity index is 2.30. The predicted octanol–water partition coefficient (Wildman–Crippen LogP) is 1.78. The van der Waals surface area contributed by atoms with Crippen molar-refractivity contribution in [3.63, 3.8) is 0 Å². The zero-order chi connectivity index (χ0) is 6.69. The van der Waals surface area contributed by atoms with Crippen LogP contribution in [0.5, 0.6) is 0 Å². The SMILES string of the molecule is CN[C@@H]1CCCC[C@H]1C. The smallest absolute Gasteiger partial charge is 0.00896 e. The van der Waals surface area contributed by atoms with E-state index in [1.807, 2.05) is 0 Å². The van der Waals surface area contributed by atoms with Gasteiger partial charge in [0.2, 0.25) is 0 Å². The molecule has 0 bridgehead atoms. The summed E-state index contributed by atoms with van der Waals surface area (Å²) in [6, 6.07) is 0.804. The molecule has 1 aliphatic rings. The second-order valence-corrected chi connectivity index (χ2v) is 3.16. The first kappa shape index (κ1) is 7.07. The summed E-state index contributed by atoms with van der Waals surface area (Å²) in [5.74, 6) is 0.906. The quantitative estimate of drug-likeness (QED) is 0.566. The summed E-state index contributed by atoms with van der Waals surface area (Å²) in [7, 11) is 2.08. The first-order valence-corrected chi connectivity index (χ1v) is 4.02. The number of rotatable bonds is 1. The highest BCUT2D eigenvalue weighted by molar-refractivity contribution is 4.75. The third-order valence-corrected chi connectivity index (χ3v) is 2.48. The van der Waals surface area contributed by atoms with Crippen LogP contribution >= 0.6 is 0 Å². The van der Waals surface area contributed by atoms with Crippen molar-refractivity contribution in [3.05, 3.63) is 0 Å². The maximum atomic E-state index is 3.35. The molecule has 0 aromatic carbocycles. The van der Waals surface area contributed by atoms with Gasteiger partial charge in [-0.25, -0.2) is 0 Å². The normalized spacial score (nSPS) is 36.7. The highest BCUT2D eigenvalue weighted by atomic mass is 14.9. The Labute approximate surface area is 57.8 Å². The van der Waals surface area contributed by atoms with E-state index in [-0.39, 0.29) is 0 Å². The van der Waals surface area contributed by atoms with Gasteiger partial charge in [-0.05, 0) is 25.8 Å². The molecule has 0 saturated heterocycles. The Hall–Kier alpha value is -0.0400. The summed E-state index contributed by atoms with van der Waals surface area (Å²) in [5.41, 5.74) is 0. The van der Waals surface area contributed by atoms with Crippen LogP contribution in [0.2, 0.25) is 0 Å². The molecule has 1 fully saturated rings. The molecule has 54 valence electrons. The van der Waals surface area contributed by atoms with Crippen molar-refractivity contribution in [2.75, 3.05) is 7.05 Å². The van der Waals surface area contributed by atoms with Crippen molar-refractivity contribution in [1.29, 1.82) is 0 Å². The van der Waals surface area contributed by atoms with Crippen molar-refractivity contribution >= 4 is 0 Å². The Morgan fingerprint density at radius 2 is 1.89 bits per heavy atom. The van der Waals surface area contributed by atoms with Crippen molar-refractivity contribution in [2.45, 2.75) is 38.6 Å². The molecule has 1 N–H and O–H groups in total. The molecular weight excluding hydrogens is 110 g/mol. The number of nitrogens with one attached hydrogen (secondary N) is 1.